The summed E-state index contributed by atoms with van der Waals surface area (Å²) in [7, 11) is 0. The van der Waals surface area contributed by atoms with Crippen molar-refractivity contribution in [1.29, 1.82) is 0 Å². The monoisotopic (exact) mass is 332 g/mol. The van der Waals surface area contributed by atoms with Crippen molar-refractivity contribution in [2.45, 2.75) is 26.9 Å². The number of nitrogens with zero attached hydrogens (tertiary/aromatic N) is 1. The molecule has 3 amide bonds. The Morgan fingerprint density at radius 1 is 1.21 bits per heavy atom. The lowest BCUT2D eigenvalue weighted by Gasteiger charge is -2.15. The summed E-state index contributed by atoms with van der Waals surface area (Å²) in [6.45, 7) is 5.37. The van der Waals surface area contributed by atoms with Crippen LogP contribution in [0.25, 0.3) is 5.57 Å². The van der Waals surface area contributed by atoms with Crippen LogP contribution >= 0.6 is 0 Å². The summed E-state index contributed by atoms with van der Waals surface area (Å²) in [5.41, 5.74) is 0.927. The Labute approximate surface area is 139 Å². The van der Waals surface area contributed by atoms with Gasteiger partial charge in [0.25, 0.3) is 11.8 Å². The Hall–Kier alpha value is -2.67. The van der Waals surface area contributed by atoms with Crippen molar-refractivity contribution in [3.8, 4) is 0 Å². The Morgan fingerprint density at radius 3 is 2.38 bits per heavy atom. The number of amides is 3. The van der Waals surface area contributed by atoms with Crippen molar-refractivity contribution < 1.29 is 24.2 Å². The van der Waals surface area contributed by atoms with Gasteiger partial charge in [-0.25, -0.2) is 0 Å². The number of ether oxygens (including phenoxy) is 1. The van der Waals surface area contributed by atoms with Crippen LogP contribution in [0.2, 0.25) is 0 Å². The van der Waals surface area contributed by atoms with Gasteiger partial charge in [-0.2, -0.15) is 0 Å². The van der Waals surface area contributed by atoms with Gasteiger partial charge in [-0.15, -0.1) is 0 Å². The van der Waals surface area contributed by atoms with Crippen LogP contribution in [0.5, 0.6) is 0 Å². The highest BCUT2D eigenvalue weighted by Crippen LogP contribution is 2.28. The molecule has 0 unspecified atom stereocenters. The molecule has 0 saturated carbocycles. The minimum atomic E-state index is -0.728. The lowest BCUT2D eigenvalue weighted by Crippen LogP contribution is -2.35. The van der Waals surface area contributed by atoms with Crippen LogP contribution in [0.3, 0.4) is 0 Å². The normalized spacial score (nSPS) is 14.8. The topological polar surface area (TPSA) is 95.9 Å². The largest absolute Gasteiger partial charge is 0.502 e. The molecular formula is C17H20N2O5. The van der Waals surface area contributed by atoms with Crippen LogP contribution in [0.15, 0.2) is 30.0 Å². The van der Waals surface area contributed by atoms with Gasteiger partial charge < -0.3 is 15.2 Å². The molecule has 0 saturated heterocycles. The van der Waals surface area contributed by atoms with Gasteiger partial charge in [0.2, 0.25) is 5.91 Å². The molecule has 0 spiro atoms. The molecule has 2 rings (SSSR count). The molecule has 2 N–H and O–H groups in total. The number of anilines is 1. The van der Waals surface area contributed by atoms with Gasteiger partial charge in [0.1, 0.15) is 0 Å². The van der Waals surface area contributed by atoms with Crippen molar-refractivity contribution in [2.24, 2.45) is 0 Å². The first kappa shape index (κ1) is 17.7. The molecule has 0 aromatic heterocycles. The van der Waals surface area contributed by atoms with Gasteiger partial charge in [0.15, 0.2) is 5.76 Å². The number of nitrogens with one attached hydrogen (secondary N) is 1. The Bertz CT molecular complexity index is 691. The van der Waals surface area contributed by atoms with E-state index >= 15 is 0 Å². The second-order valence-corrected chi connectivity index (χ2v) is 5.66. The lowest BCUT2D eigenvalue weighted by molar-refractivity contribution is -0.139. The SMILES string of the molecule is CC(=O)Nc1ccc(C2=C(O)C(=O)N(CCOC(C)C)C2=O)cc1. The highest BCUT2D eigenvalue weighted by atomic mass is 16.5. The molecule has 7 heteroatoms. The molecule has 0 radical (unpaired) electrons. The number of aliphatic hydroxyl groups is 1. The summed E-state index contributed by atoms with van der Waals surface area (Å²) in [6.07, 6.45) is -0.0137. The number of carbonyl (C=O) groups excluding carboxylic acids is 3. The van der Waals surface area contributed by atoms with Crippen molar-refractivity contribution in [3.05, 3.63) is 35.6 Å². The smallest absolute Gasteiger partial charge is 0.296 e. The average molecular weight is 332 g/mol. The van der Waals surface area contributed by atoms with Gasteiger partial charge in [0.05, 0.1) is 24.8 Å². The zero-order valence-electron chi connectivity index (χ0n) is 13.8. The molecule has 1 aliphatic rings. The van der Waals surface area contributed by atoms with Gasteiger partial charge >= 0.3 is 0 Å². The third-order valence-electron chi connectivity index (χ3n) is 3.40. The first-order valence-corrected chi connectivity index (χ1v) is 7.60. The second kappa shape index (κ2) is 7.27. The van der Waals surface area contributed by atoms with Crippen LogP contribution in [-0.2, 0) is 19.1 Å². The maximum absolute atomic E-state index is 12.4. The molecule has 128 valence electrons. The summed E-state index contributed by atoms with van der Waals surface area (Å²) >= 11 is 0. The lowest BCUT2D eigenvalue weighted by atomic mass is 10.1. The van der Waals surface area contributed by atoms with E-state index < -0.39 is 17.6 Å². The average Bonchev–Trinajstić information content (AvgIpc) is 2.71. The summed E-state index contributed by atoms with van der Waals surface area (Å²) < 4.78 is 5.34. The van der Waals surface area contributed by atoms with E-state index in [4.69, 9.17) is 4.74 Å². The van der Waals surface area contributed by atoms with Crippen molar-refractivity contribution in [1.82, 2.24) is 4.90 Å². The third-order valence-corrected chi connectivity index (χ3v) is 3.40. The molecule has 7 nitrogen and oxygen atoms in total. The van der Waals surface area contributed by atoms with E-state index in [0.717, 1.165) is 4.90 Å². The van der Waals surface area contributed by atoms with Crippen LogP contribution < -0.4 is 5.32 Å². The van der Waals surface area contributed by atoms with E-state index in [9.17, 15) is 19.5 Å². The molecule has 1 heterocycles. The zero-order chi connectivity index (χ0) is 17.9. The summed E-state index contributed by atoms with van der Waals surface area (Å²) in [6, 6.07) is 6.32. The molecule has 1 aromatic carbocycles. The zero-order valence-corrected chi connectivity index (χ0v) is 13.8. The number of hydrogen-bond acceptors (Lipinski definition) is 5. The molecule has 24 heavy (non-hydrogen) atoms. The van der Waals surface area contributed by atoms with Gasteiger partial charge in [0, 0.05) is 12.6 Å². The van der Waals surface area contributed by atoms with E-state index in [1.54, 1.807) is 24.3 Å². The predicted molar refractivity (Wildman–Crippen MR) is 88.1 cm³/mol. The quantitative estimate of drug-likeness (QED) is 0.773. The fourth-order valence-corrected chi connectivity index (χ4v) is 2.33. The van der Waals surface area contributed by atoms with Gasteiger partial charge in [-0.05, 0) is 31.5 Å². The number of imide groups is 1. The number of benzene rings is 1. The highest BCUT2D eigenvalue weighted by molar-refractivity contribution is 6.34. The minimum absolute atomic E-state index is 0.0137. The molecule has 0 bridgehead atoms. The number of hydrogen-bond donors (Lipinski definition) is 2. The number of aliphatic hydroxyl groups excluding tert-OH is 1. The second-order valence-electron chi connectivity index (χ2n) is 5.66. The first-order valence-electron chi connectivity index (χ1n) is 7.60. The van der Waals surface area contributed by atoms with Crippen LogP contribution in [0, 0.1) is 0 Å². The maximum atomic E-state index is 12.4. The van der Waals surface area contributed by atoms with E-state index in [-0.39, 0.29) is 30.7 Å². The Balaban J connectivity index is 2.16. The molecule has 1 aliphatic heterocycles. The number of carbonyl (C=O) groups is 3. The predicted octanol–water partition coefficient (Wildman–Crippen LogP) is 1.71. The minimum Gasteiger partial charge on any atom is -0.502 e. The summed E-state index contributed by atoms with van der Waals surface area (Å²) in [5, 5.41) is 12.6. The fraction of sp³-hybridized carbons (Fsp3) is 0.353. The van der Waals surface area contributed by atoms with Crippen LogP contribution in [-0.4, -0.2) is 47.0 Å². The van der Waals surface area contributed by atoms with E-state index in [2.05, 4.69) is 5.32 Å². The molecule has 0 fully saturated rings. The Kier molecular flexibility index (Phi) is 5.35. The highest BCUT2D eigenvalue weighted by Gasteiger charge is 2.38. The number of rotatable bonds is 6. The Morgan fingerprint density at radius 2 is 1.83 bits per heavy atom. The van der Waals surface area contributed by atoms with Gasteiger partial charge in [-0.3, -0.25) is 19.3 Å². The first-order chi connectivity index (χ1) is 11.3. The molecule has 0 aliphatic carbocycles. The molecule has 0 atom stereocenters. The molecular weight excluding hydrogens is 312 g/mol. The third kappa shape index (κ3) is 3.80. The van der Waals surface area contributed by atoms with Crippen LogP contribution in [0.1, 0.15) is 26.3 Å². The van der Waals surface area contributed by atoms with E-state index in [1.807, 2.05) is 13.8 Å². The van der Waals surface area contributed by atoms with Crippen molar-refractivity contribution in [3.63, 3.8) is 0 Å². The van der Waals surface area contributed by atoms with E-state index in [1.165, 1.54) is 6.92 Å². The summed E-state index contributed by atoms with van der Waals surface area (Å²) in [5.74, 6) is -2.07. The molecule has 1 aromatic rings. The van der Waals surface area contributed by atoms with Crippen molar-refractivity contribution >= 4 is 29.0 Å². The fourth-order valence-electron chi connectivity index (χ4n) is 2.33. The van der Waals surface area contributed by atoms with Crippen LogP contribution in [0.4, 0.5) is 5.69 Å². The van der Waals surface area contributed by atoms with Gasteiger partial charge in [-0.1, -0.05) is 12.1 Å². The van der Waals surface area contributed by atoms with Crippen molar-refractivity contribution in [2.75, 3.05) is 18.5 Å². The van der Waals surface area contributed by atoms with E-state index in [0.29, 0.717) is 11.3 Å². The maximum Gasteiger partial charge on any atom is 0.296 e. The summed E-state index contributed by atoms with van der Waals surface area (Å²) in [4.78, 5) is 36.5. The standard InChI is InChI=1S/C17H20N2O5/c1-10(2)24-9-8-19-16(22)14(15(21)17(19)23)12-4-6-13(7-5-12)18-11(3)20/h4-7,10,21H,8-9H2,1-3H3,(H,18,20).